The van der Waals surface area contributed by atoms with Crippen LogP contribution in [0, 0.1) is 6.92 Å². The molecule has 178 valence electrons. The lowest BCUT2D eigenvalue weighted by atomic mass is 10.0. The number of hydrogen-bond donors (Lipinski definition) is 1. The number of hydrogen-bond acceptors (Lipinski definition) is 6. The summed E-state index contributed by atoms with van der Waals surface area (Å²) in [7, 11) is 0. The van der Waals surface area contributed by atoms with Crippen molar-refractivity contribution in [2.75, 3.05) is 0 Å². The second kappa shape index (κ2) is 10.7. The standard InChI is InChI=1S/C28H25NO6/c1-3-23(29-28(32)33-17-19-10-6-4-7-11-19)27(31)34-24-15-14-21-22(20-12-8-5-9-13-20)16-25(30)35-26(21)18(24)2/h4-16,23H,3,17H2,1-2H3,(H,29,32)/t23-/m1/s1. The molecule has 7 heteroatoms. The molecular weight excluding hydrogens is 446 g/mol. The van der Waals surface area contributed by atoms with E-state index in [4.69, 9.17) is 13.9 Å². The van der Waals surface area contributed by atoms with Crippen molar-refractivity contribution < 1.29 is 23.5 Å². The topological polar surface area (TPSA) is 94.8 Å². The van der Waals surface area contributed by atoms with E-state index in [0.29, 0.717) is 17.6 Å². The Morgan fingerprint density at radius 2 is 1.66 bits per heavy atom. The second-order valence-corrected chi connectivity index (χ2v) is 8.00. The van der Waals surface area contributed by atoms with Crippen LogP contribution in [0.2, 0.25) is 0 Å². The summed E-state index contributed by atoms with van der Waals surface area (Å²) in [5.74, 6) is -0.401. The molecule has 3 aromatic carbocycles. The number of carbonyl (C=O) groups is 2. The van der Waals surface area contributed by atoms with Crippen molar-refractivity contribution in [1.82, 2.24) is 5.32 Å². The third-order valence-corrected chi connectivity index (χ3v) is 5.60. The smallest absolute Gasteiger partial charge is 0.408 e. The Bertz CT molecular complexity index is 1400. The molecule has 1 amide bonds. The second-order valence-electron chi connectivity index (χ2n) is 8.00. The van der Waals surface area contributed by atoms with Crippen molar-refractivity contribution in [2.45, 2.75) is 32.9 Å². The number of ether oxygens (including phenoxy) is 2. The Labute approximate surface area is 202 Å². The number of amides is 1. The number of benzene rings is 3. The number of aryl methyl sites for hydroxylation is 1. The summed E-state index contributed by atoms with van der Waals surface area (Å²) in [4.78, 5) is 37.3. The van der Waals surface area contributed by atoms with E-state index < -0.39 is 23.7 Å². The van der Waals surface area contributed by atoms with Crippen LogP contribution in [0.15, 0.2) is 88.1 Å². The highest BCUT2D eigenvalue weighted by molar-refractivity contribution is 5.96. The summed E-state index contributed by atoms with van der Waals surface area (Å²) in [5.41, 5.74) is 2.78. The first-order chi connectivity index (χ1) is 17.0. The van der Waals surface area contributed by atoms with Gasteiger partial charge < -0.3 is 19.2 Å². The third-order valence-electron chi connectivity index (χ3n) is 5.60. The molecule has 0 aliphatic carbocycles. The molecule has 1 atom stereocenters. The zero-order valence-electron chi connectivity index (χ0n) is 19.4. The van der Waals surface area contributed by atoms with E-state index in [1.807, 2.05) is 60.7 Å². The van der Waals surface area contributed by atoms with Gasteiger partial charge in [-0.25, -0.2) is 14.4 Å². The Kier molecular flexibility index (Phi) is 7.26. The summed E-state index contributed by atoms with van der Waals surface area (Å²) in [6.07, 6.45) is -0.412. The van der Waals surface area contributed by atoms with Crippen LogP contribution in [0.3, 0.4) is 0 Å². The first kappa shape index (κ1) is 23.8. The highest BCUT2D eigenvalue weighted by Gasteiger charge is 2.23. The average Bonchev–Trinajstić information content (AvgIpc) is 2.88. The molecule has 1 N–H and O–H groups in total. The van der Waals surface area contributed by atoms with E-state index >= 15 is 0 Å². The van der Waals surface area contributed by atoms with Crippen LogP contribution in [0.5, 0.6) is 5.75 Å². The predicted octanol–water partition coefficient (Wildman–Crippen LogP) is 5.38. The monoisotopic (exact) mass is 471 g/mol. The van der Waals surface area contributed by atoms with Crippen molar-refractivity contribution in [2.24, 2.45) is 0 Å². The Morgan fingerprint density at radius 1 is 0.971 bits per heavy atom. The van der Waals surface area contributed by atoms with Crippen LogP contribution in [0.25, 0.3) is 22.1 Å². The first-order valence-electron chi connectivity index (χ1n) is 11.3. The summed E-state index contributed by atoms with van der Waals surface area (Å²) in [5, 5.41) is 3.27. The summed E-state index contributed by atoms with van der Waals surface area (Å²) in [6, 6.07) is 22.7. The van der Waals surface area contributed by atoms with Gasteiger partial charge in [-0.15, -0.1) is 0 Å². The molecule has 0 aliphatic heterocycles. The van der Waals surface area contributed by atoms with Gasteiger partial charge in [-0.2, -0.15) is 0 Å². The number of nitrogens with one attached hydrogen (secondary N) is 1. The van der Waals surface area contributed by atoms with Gasteiger partial charge in [0.1, 0.15) is 24.0 Å². The van der Waals surface area contributed by atoms with Crippen LogP contribution < -0.4 is 15.7 Å². The van der Waals surface area contributed by atoms with Crippen LogP contribution in [0.1, 0.15) is 24.5 Å². The molecule has 0 radical (unpaired) electrons. The third kappa shape index (κ3) is 5.58. The van der Waals surface area contributed by atoms with Crippen molar-refractivity contribution in [1.29, 1.82) is 0 Å². The van der Waals surface area contributed by atoms with Crippen LogP contribution in [0.4, 0.5) is 4.79 Å². The van der Waals surface area contributed by atoms with E-state index in [-0.39, 0.29) is 12.4 Å². The Morgan fingerprint density at radius 3 is 2.34 bits per heavy atom. The van der Waals surface area contributed by atoms with Crippen molar-refractivity contribution in [3.8, 4) is 16.9 Å². The van der Waals surface area contributed by atoms with E-state index in [0.717, 1.165) is 22.1 Å². The quantitative estimate of drug-likeness (QED) is 0.221. The van der Waals surface area contributed by atoms with E-state index in [1.54, 1.807) is 26.0 Å². The fraction of sp³-hybridized carbons (Fsp3) is 0.179. The number of fused-ring (bicyclic) bond motifs is 1. The molecule has 0 spiro atoms. The van der Waals surface area contributed by atoms with Gasteiger partial charge in [0, 0.05) is 17.0 Å². The largest absolute Gasteiger partial charge is 0.445 e. The molecule has 4 rings (SSSR count). The number of rotatable bonds is 7. The minimum atomic E-state index is -0.906. The van der Waals surface area contributed by atoms with Crippen molar-refractivity contribution in [3.63, 3.8) is 0 Å². The van der Waals surface area contributed by atoms with Gasteiger partial charge in [0.25, 0.3) is 0 Å². The minimum Gasteiger partial charge on any atom is -0.445 e. The molecule has 4 aromatic rings. The SMILES string of the molecule is CC[C@@H](NC(=O)OCc1ccccc1)C(=O)Oc1ccc2c(-c3ccccc3)cc(=O)oc2c1C. The van der Waals surface area contributed by atoms with Crippen molar-refractivity contribution >= 4 is 23.0 Å². The van der Waals surface area contributed by atoms with E-state index in [2.05, 4.69) is 5.32 Å². The summed E-state index contributed by atoms with van der Waals surface area (Å²) in [6.45, 7) is 3.55. The maximum Gasteiger partial charge on any atom is 0.408 e. The predicted molar refractivity (Wildman–Crippen MR) is 132 cm³/mol. The molecular formula is C28H25NO6. The number of esters is 1. The maximum absolute atomic E-state index is 12.8. The fourth-order valence-electron chi connectivity index (χ4n) is 3.72. The Hall–Kier alpha value is -4.39. The minimum absolute atomic E-state index is 0.0880. The molecule has 1 heterocycles. The highest BCUT2D eigenvalue weighted by Crippen LogP contribution is 2.33. The molecule has 7 nitrogen and oxygen atoms in total. The first-order valence-corrected chi connectivity index (χ1v) is 11.3. The van der Waals surface area contributed by atoms with Gasteiger partial charge in [-0.1, -0.05) is 67.6 Å². The molecule has 0 saturated carbocycles. The molecule has 35 heavy (non-hydrogen) atoms. The van der Waals surface area contributed by atoms with Crippen LogP contribution in [-0.4, -0.2) is 18.1 Å². The van der Waals surface area contributed by atoms with E-state index in [1.165, 1.54) is 6.07 Å². The van der Waals surface area contributed by atoms with Crippen LogP contribution in [-0.2, 0) is 16.1 Å². The number of carbonyl (C=O) groups excluding carboxylic acids is 2. The fourth-order valence-corrected chi connectivity index (χ4v) is 3.72. The molecule has 1 aromatic heterocycles. The van der Waals surface area contributed by atoms with Gasteiger partial charge in [0.2, 0.25) is 0 Å². The van der Waals surface area contributed by atoms with Gasteiger partial charge >= 0.3 is 17.7 Å². The van der Waals surface area contributed by atoms with Crippen molar-refractivity contribution in [3.05, 3.63) is 100 Å². The highest BCUT2D eigenvalue weighted by atomic mass is 16.6. The van der Waals surface area contributed by atoms with Gasteiger partial charge in [-0.3, -0.25) is 0 Å². The molecule has 0 unspecified atom stereocenters. The molecule has 0 bridgehead atoms. The lowest BCUT2D eigenvalue weighted by Crippen LogP contribution is -2.42. The summed E-state index contributed by atoms with van der Waals surface area (Å²) < 4.78 is 16.3. The normalized spacial score (nSPS) is 11.6. The van der Waals surface area contributed by atoms with Gasteiger partial charge in [-0.05, 0) is 42.2 Å². The van der Waals surface area contributed by atoms with Gasteiger partial charge in [0.05, 0.1) is 0 Å². The zero-order chi connectivity index (χ0) is 24.8. The maximum atomic E-state index is 12.8. The Balaban J connectivity index is 1.51. The molecule has 0 aliphatic rings. The zero-order valence-corrected chi connectivity index (χ0v) is 19.4. The number of alkyl carbamates (subject to hydrolysis) is 1. The van der Waals surface area contributed by atoms with Gasteiger partial charge in [0.15, 0.2) is 0 Å². The lowest BCUT2D eigenvalue weighted by Gasteiger charge is -2.17. The average molecular weight is 472 g/mol. The lowest BCUT2D eigenvalue weighted by molar-refractivity contribution is -0.136. The summed E-state index contributed by atoms with van der Waals surface area (Å²) >= 11 is 0. The molecule has 0 saturated heterocycles. The molecule has 0 fully saturated rings. The van der Waals surface area contributed by atoms with E-state index in [9.17, 15) is 14.4 Å². The van der Waals surface area contributed by atoms with Crippen LogP contribution >= 0.6 is 0 Å².